The monoisotopic (exact) mass is 237 g/mol. The molecule has 1 aromatic rings. The van der Waals surface area contributed by atoms with Gasteiger partial charge >= 0.3 is 0 Å². The summed E-state index contributed by atoms with van der Waals surface area (Å²) in [5.74, 6) is -0.0986. The number of ether oxygens (including phenoxy) is 1. The lowest BCUT2D eigenvalue weighted by atomic mass is 10.3. The van der Waals surface area contributed by atoms with E-state index in [4.69, 9.17) is 4.74 Å². The standard InChI is InChI=1S/C12H19N3O2/c1-4-17-8-7-13-10-5-6-14-11(9-10)12(16)15(2)3/h5-6,9H,4,7-8H2,1-3H3,(H,13,14). The molecule has 0 aromatic carbocycles. The second kappa shape index (κ2) is 6.85. The molecule has 0 unspecified atom stereocenters. The molecule has 1 aromatic heterocycles. The fraction of sp³-hybridized carbons (Fsp3) is 0.500. The molecule has 1 heterocycles. The summed E-state index contributed by atoms with van der Waals surface area (Å²) >= 11 is 0. The average Bonchev–Trinajstić information content (AvgIpc) is 2.34. The summed E-state index contributed by atoms with van der Waals surface area (Å²) in [7, 11) is 3.42. The van der Waals surface area contributed by atoms with Crippen LogP contribution in [-0.2, 0) is 4.74 Å². The summed E-state index contributed by atoms with van der Waals surface area (Å²) in [6.07, 6.45) is 1.62. The Balaban J connectivity index is 2.57. The maximum atomic E-state index is 11.7. The minimum atomic E-state index is -0.0986. The van der Waals surface area contributed by atoms with Gasteiger partial charge in [0.25, 0.3) is 5.91 Å². The number of amides is 1. The number of nitrogens with one attached hydrogen (secondary N) is 1. The number of carbonyl (C=O) groups excluding carboxylic acids is 1. The van der Waals surface area contributed by atoms with Gasteiger partial charge in [0.1, 0.15) is 5.69 Å². The molecule has 5 heteroatoms. The van der Waals surface area contributed by atoms with Gasteiger partial charge in [-0.1, -0.05) is 0 Å². The van der Waals surface area contributed by atoms with Gasteiger partial charge in [-0.05, 0) is 19.1 Å². The van der Waals surface area contributed by atoms with Crippen molar-refractivity contribution in [2.24, 2.45) is 0 Å². The number of hydrogen-bond acceptors (Lipinski definition) is 4. The van der Waals surface area contributed by atoms with Crippen molar-refractivity contribution in [2.45, 2.75) is 6.92 Å². The molecule has 0 saturated carbocycles. The van der Waals surface area contributed by atoms with E-state index < -0.39 is 0 Å². The topological polar surface area (TPSA) is 54.5 Å². The van der Waals surface area contributed by atoms with E-state index in [9.17, 15) is 4.79 Å². The first-order valence-electron chi connectivity index (χ1n) is 5.64. The molecule has 0 aliphatic heterocycles. The fourth-order valence-electron chi connectivity index (χ4n) is 1.30. The van der Waals surface area contributed by atoms with E-state index in [0.29, 0.717) is 25.5 Å². The van der Waals surface area contributed by atoms with Crippen molar-refractivity contribution in [3.63, 3.8) is 0 Å². The first-order chi connectivity index (χ1) is 8.15. The van der Waals surface area contributed by atoms with Crippen LogP contribution in [0.15, 0.2) is 18.3 Å². The Bertz CT molecular complexity index is 367. The average molecular weight is 237 g/mol. The van der Waals surface area contributed by atoms with Crippen LogP contribution in [0.25, 0.3) is 0 Å². The zero-order chi connectivity index (χ0) is 12.7. The Morgan fingerprint density at radius 1 is 1.53 bits per heavy atom. The van der Waals surface area contributed by atoms with E-state index in [1.807, 2.05) is 13.0 Å². The highest BCUT2D eigenvalue weighted by molar-refractivity contribution is 5.92. The quantitative estimate of drug-likeness (QED) is 0.756. The Morgan fingerprint density at radius 3 is 2.94 bits per heavy atom. The predicted molar refractivity (Wildman–Crippen MR) is 67.2 cm³/mol. The molecule has 0 radical (unpaired) electrons. The van der Waals surface area contributed by atoms with Gasteiger partial charge in [-0.2, -0.15) is 0 Å². The minimum Gasteiger partial charge on any atom is -0.383 e. The molecule has 0 bridgehead atoms. The molecule has 17 heavy (non-hydrogen) atoms. The summed E-state index contributed by atoms with van der Waals surface area (Å²) in [6, 6.07) is 3.58. The van der Waals surface area contributed by atoms with Gasteiger partial charge in [0.15, 0.2) is 0 Å². The van der Waals surface area contributed by atoms with Crippen LogP contribution < -0.4 is 5.32 Å². The van der Waals surface area contributed by atoms with Crippen LogP contribution in [0.1, 0.15) is 17.4 Å². The Morgan fingerprint density at radius 2 is 2.29 bits per heavy atom. The highest BCUT2D eigenvalue weighted by Gasteiger charge is 2.09. The molecule has 0 aliphatic carbocycles. The van der Waals surface area contributed by atoms with Crippen LogP contribution in [0.5, 0.6) is 0 Å². The summed E-state index contributed by atoms with van der Waals surface area (Å²) in [5, 5.41) is 3.18. The van der Waals surface area contributed by atoms with Crippen molar-refractivity contribution in [2.75, 3.05) is 39.2 Å². The van der Waals surface area contributed by atoms with Gasteiger partial charge in [0, 0.05) is 39.1 Å². The summed E-state index contributed by atoms with van der Waals surface area (Å²) in [4.78, 5) is 17.2. The second-order valence-electron chi connectivity index (χ2n) is 3.75. The van der Waals surface area contributed by atoms with Gasteiger partial charge < -0.3 is 15.0 Å². The van der Waals surface area contributed by atoms with Crippen molar-refractivity contribution >= 4 is 11.6 Å². The number of carbonyl (C=O) groups is 1. The SMILES string of the molecule is CCOCCNc1ccnc(C(=O)N(C)C)c1. The fourth-order valence-corrected chi connectivity index (χ4v) is 1.30. The van der Waals surface area contributed by atoms with E-state index in [2.05, 4.69) is 10.3 Å². The van der Waals surface area contributed by atoms with Crippen LogP contribution in [0, 0.1) is 0 Å². The Kier molecular flexibility index (Phi) is 5.42. The largest absolute Gasteiger partial charge is 0.383 e. The van der Waals surface area contributed by atoms with Crippen molar-refractivity contribution in [1.82, 2.24) is 9.88 Å². The molecule has 1 amide bonds. The summed E-state index contributed by atoms with van der Waals surface area (Å²) in [5.41, 5.74) is 1.32. The Labute approximate surface area is 102 Å². The molecule has 0 fully saturated rings. The molecule has 1 N–H and O–H groups in total. The van der Waals surface area contributed by atoms with Gasteiger partial charge in [-0.15, -0.1) is 0 Å². The smallest absolute Gasteiger partial charge is 0.272 e. The third-order valence-corrected chi connectivity index (χ3v) is 2.16. The highest BCUT2D eigenvalue weighted by Crippen LogP contribution is 2.08. The maximum Gasteiger partial charge on any atom is 0.272 e. The van der Waals surface area contributed by atoms with E-state index >= 15 is 0 Å². The van der Waals surface area contributed by atoms with Crippen molar-refractivity contribution in [1.29, 1.82) is 0 Å². The van der Waals surface area contributed by atoms with E-state index in [1.165, 1.54) is 4.90 Å². The molecular formula is C12H19N3O2. The third kappa shape index (κ3) is 4.40. The van der Waals surface area contributed by atoms with E-state index in [0.717, 1.165) is 5.69 Å². The van der Waals surface area contributed by atoms with Crippen LogP contribution in [0.2, 0.25) is 0 Å². The molecule has 0 spiro atoms. The highest BCUT2D eigenvalue weighted by atomic mass is 16.5. The number of anilines is 1. The number of pyridine rings is 1. The van der Waals surface area contributed by atoms with Crippen molar-refractivity contribution in [3.8, 4) is 0 Å². The van der Waals surface area contributed by atoms with Crippen LogP contribution >= 0.6 is 0 Å². The van der Waals surface area contributed by atoms with Crippen molar-refractivity contribution in [3.05, 3.63) is 24.0 Å². The summed E-state index contributed by atoms with van der Waals surface area (Å²) < 4.78 is 5.22. The van der Waals surface area contributed by atoms with Gasteiger partial charge in [-0.3, -0.25) is 9.78 Å². The first-order valence-corrected chi connectivity index (χ1v) is 5.64. The van der Waals surface area contributed by atoms with Crippen molar-refractivity contribution < 1.29 is 9.53 Å². The molecule has 0 saturated heterocycles. The normalized spacial score (nSPS) is 10.1. The predicted octanol–water partition coefficient (Wildman–Crippen LogP) is 1.23. The zero-order valence-corrected chi connectivity index (χ0v) is 10.6. The molecule has 94 valence electrons. The third-order valence-electron chi connectivity index (χ3n) is 2.16. The second-order valence-corrected chi connectivity index (χ2v) is 3.75. The number of rotatable bonds is 6. The molecule has 1 rings (SSSR count). The minimum absolute atomic E-state index is 0.0986. The van der Waals surface area contributed by atoms with Crippen LogP contribution in [0.3, 0.4) is 0 Å². The first kappa shape index (κ1) is 13.4. The van der Waals surface area contributed by atoms with E-state index in [1.54, 1.807) is 26.4 Å². The van der Waals surface area contributed by atoms with Gasteiger partial charge in [-0.25, -0.2) is 0 Å². The maximum absolute atomic E-state index is 11.7. The molecule has 0 atom stereocenters. The molecule has 5 nitrogen and oxygen atoms in total. The van der Waals surface area contributed by atoms with Crippen LogP contribution in [-0.4, -0.2) is 49.6 Å². The molecule has 0 aliphatic rings. The molecular weight excluding hydrogens is 218 g/mol. The van der Waals surface area contributed by atoms with Gasteiger partial charge in [0.2, 0.25) is 0 Å². The lowest BCUT2D eigenvalue weighted by molar-refractivity contribution is 0.0822. The Hall–Kier alpha value is -1.62. The number of aromatic nitrogens is 1. The lowest BCUT2D eigenvalue weighted by Crippen LogP contribution is -2.22. The van der Waals surface area contributed by atoms with Crippen LogP contribution in [0.4, 0.5) is 5.69 Å². The lowest BCUT2D eigenvalue weighted by Gasteiger charge is -2.11. The van der Waals surface area contributed by atoms with E-state index in [-0.39, 0.29) is 5.91 Å². The van der Waals surface area contributed by atoms with Gasteiger partial charge in [0.05, 0.1) is 6.61 Å². The number of hydrogen-bond donors (Lipinski definition) is 1. The summed E-state index contributed by atoms with van der Waals surface area (Å²) in [6.45, 7) is 4.03. The number of nitrogens with zero attached hydrogens (tertiary/aromatic N) is 2. The zero-order valence-electron chi connectivity index (χ0n) is 10.6.